The average molecular weight is 295 g/mol. The Bertz CT molecular complexity index is 468. The number of aromatic nitrogens is 2. The first-order valence-electron chi connectivity index (χ1n) is 7.57. The van der Waals surface area contributed by atoms with Gasteiger partial charge in [0.05, 0.1) is 12.6 Å². The zero-order valence-electron chi connectivity index (χ0n) is 13.1. The lowest BCUT2D eigenvalue weighted by Gasteiger charge is -2.36. The normalized spacial score (nSPS) is 19.5. The maximum Gasteiger partial charge on any atom is 0.239 e. The zero-order valence-corrected chi connectivity index (χ0v) is 13.1. The van der Waals surface area contributed by atoms with E-state index in [0.717, 1.165) is 19.5 Å². The van der Waals surface area contributed by atoms with Crippen molar-refractivity contribution in [2.24, 2.45) is 11.7 Å². The number of hydrogen-bond acceptors (Lipinski definition) is 6. The second kappa shape index (κ2) is 7.00. The molecule has 1 fully saturated rings. The highest BCUT2D eigenvalue weighted by Gasteiger charge is 2.28. The number of nitrogens with zero attached hydrogens (tertiary/aromatic N) is 4. The van der Waals surface area contributed by atoms with Gasteiger partial charge < -0.3 is 15.2 Å². The molecule has 0 aliphatic carbocycles. The highest BCUT2D eigenvalue weighted by Crippen LogP contribution is 2.12. The predicted molar refractivity (Wildman–Crippen MR) is 78.3 cm³/mol. The van der Waals surface area contributed by atoms with E-state index in [1.807, 2.05) is 11.8 Å². The predicted octanol–water partition coefficient (Wildman–Crippen LogP) is 0.396. The number of aryl methyl sites for hydroxylation is 1. The highest BCUT2D eigenvalue weighted by atomic mass is 16.5. The van der Waals surface area contributed by atoms with E-state index >= 15 is 0 Å². The molecule has 0 aromatic carbocycles. The maximum absolute atomic E-state index is 12.3. The Labute approximate surface area is 125 Å². The molecule has 0 radical (unpaired) electrons. The molecule has 0 spiro atoms. The lowest BCUT2D eigenvalue weighted by molar-refractivity contribution is -0.135. The molecule has 2 heterocycles. The molecule has 7 heteroatoms. The monoisotopic (exact) mass is 295 g/mol. The van der Waals surface area contributed by atoms with Crippen LogP contribution in [0.25, 0.3) is 0 Å². The van der Waals surface area contributed by atoms with Gasteiger partial charge in [0.1, 0.15) is 0 Å². The van der Waals surface area contributed by atoms with Crippen LogP contribution in [0, 0.1) is 12.8 Å². The second-order valence-corrected chi connectivity index (χ2v) is 5.74. The standard InChI is InChI=1S/C14H25N5O2/c1-4-10(2)13(15)14(20)19-7-5-18(6-8-19)9-12-16-11(3)21-17-12/h10,13H,4-9,15H2,1-3H3. The van der Waals surface area contributed by atoms with Gasteiger partial charge in [-0.15, -0.1) is 0 Å². The van der Waals surface area contributed by atoms with Crippen LogP contribution < -0.4 is 5.73 Å². The lowest BCUT2D eigenvalue weighted by atomic mass is 9.98. The van der Waals surface area contributed by atoms with Crippen LogP contribution in [0.3, 0.4) is 0 Å². The molecule has 1 amide bonds. The van der Waals surface area contributed by atoms with Crippen molar-refractivity contribution in [3.63, 3.8) is 0 Å². The van der Waals surface area contributed by atoms with Crippen LogP contribution in [-0.2, 0) is 11.3 Å². The Morgan fingerprint density at radius 1 is 1.38 bits per heavy atom. The van der Waals surface area contributed by atoms with Crippen LogP contribution in [0.1, 0.15) is 32.0 Å². The quantitative estimate of drug-likeness (QED) is 0.845. The Kier molecular flexibility index (Phi) is 5.30. The number of rotatable bonds is 5. The van der Waals surface area contributed by atoms with Gasteiger partial charge in [-0.3, -0.25) is 9.69 Å². The van der Waals surface area contributed by atoms with Crippen LogP contribution >= 0.6 is 0 Å². The molecule has 118 valence electrons. The molecule has 2 unspecified atom stereocenters. The van der Waals surface area contributed by atoms with Crippen molar-refractivity contribution >= 4 is 5.91 Å². The third kappa shape index (κ3) is 4.01. The van der Waals surface area contributed by atoms with Crippen LogP contribution in [0.4, 0.5) is 0 Å². The summed E-state index contributed by atoms with van der Waals surface area (Å²) in [5, 5.41) is 3.90. The van der Waals surface area contributed by atoms with E-state index in [1.165, 1.54) is 0 Å². The lowest BCUT2D eigenvalue weighted by Crippen LogP contribution is -2.54. The van der Waals surface area contributed by atoms with E-state index in [1.54, 1.807) is 6.92 Å². The van der Waals surface area contributed by atoms with E-state index in [-0.39, 0.29) is 17.9 Å². The molecule has 7 nitrogen and oxygen atoms in total. The van der Waals surface area contributed by atoms with Crippen LogP contribution in [0.5, 0.6) is 0 Å². The summed E-state index contributed by atoms with van der Waals surface area (Å²) in [5.41, 5.74) is 6.03. The molecule has 0 saturated carbocycles. The van der Waals surface area contributed by atoms with Crippen molar-refractivity contribution in [2.45, 2.75) is 39.8 Å². The van der Waals surface area contributed by atoms with E-state index in [4.69, 9.17) is 10.3 Å². The number of amides is 1. The first-order valence-corrected chi connectivity index (χ1v) is 7.57. The fourth-order valence-electron chi connectivity index (χ4n) is 2.44. The Hall–Kier alpha value is -1.47. The van der Waals surface area contributed by atoms with Gasteiger partial charge in [-0.2, -0.15) is 4.98 Å². The van der Waals surface area contributed by atoms with E-state index in [9.17, 15) is 4.79 Å². The van der Waals surface area contributed by atoms with Crippen LogP contribution in [0.15, 0.2) is 4.52 Å². The van der Waals surface area contributed by atoms with E-state index in [2.05, 4.69) is 22.0 Å². The minimum Gasteiger partial charge on any atom is -0.340 e. The third-order valence-electron chi connectivity index (χ3n) is 4.16. The third-order valence-corrected chi connectivity index (χ3v) is 4.16. The van der Waals surface area contributed by atoms with Gasteiger partial charge in [0.2, 0.25) is 11.8 Å². The highest BCUT2D eigenvalue weighted by molar-refractivity contribution is 5.82. The molecule has 2 N–H and O–H groups in total. The van der Waals surface area contributed by atoms with E-state index < -0.39 is 0 Å². The van der Waals surface area contributed by atoms with Gasteiger partial charge in [0, 0.05) is 33.1 Å². The molecule has 1 aromatic rings. The topological polar surface area (TPSA) is 88.5 Å². The Morgan fingerprint density at radius 2 is 2.05 bits per heavy atom. The molecule has 1 aliphatic heterocycles. The maximum atomic E-state index is 12.3. The van der Waals surface area contributed by atoms with Gasteiger partial charge in [0.25, 0.3) is 0 Å². The number of nitrogens with two attached hydrogens (primary N) is 1. The van der Waals surface area contributed by atoms with Gasteiger partial charge >= 0.3 is 0 Å². The molecule has 0 bridgehead atoms. The summed E-state index contributed by atoms with van der Waals surface area (Å²) in [4.78, 5) is 20.6. The molecule has 1 aliphatic rings. The van der Waals surface area contributed by atoms with Crippen LogP contribution in [-0.4, -0.2) is 58.1 Å². The number of carbonyl (C=O) groups excluding carboxylic acids is 1. The molecule has 2 rings (SSSR count). The van der Waals surface area contributed by atoms with Crippen molar-refractivity contribution < 1.29 is 9.32 Å². The molecule has 21 heavy (non-hydrogen) atoms. The van der Waals surface area contributed by atoms with Crippen molar-refractivity contribution in [3.05, 3.63) is 11.7 Å². The minimum absolute atomic E-state index is 0.0689. The fourth-order valence-corrected chi connectivity index (χ4v) is 2.44. The minimum atomic E-state index is -0.388. The second-order valence-electron chi connectivity index (χ2n) is 5.74. The molecular formula is C14H25N5O2. The summed E-state index contributed by atoms with van der Waals surface area (Å²) in [6, 6.07) is -0.388. The summed E-state index contributed by atoms with van der Waals surface area (Å²) >= 11 is 0. The fraction of sp³-hybridized carbons (Fsp3) is 0.786. The summed E-state index contributed by atoms with van der Waals surface area (Å²) in [7, 11) is 0. The molecule has 2 atom stereocenters. The Balaban J connectivity index is 1.81. The average Bonchev–Trinajstić information content (AvgIpc) is 2.90. The van der Waals surface area contributed by atoms with Crippen molar-refractivity contribution in [2.75, 3.05) is 26.2 Å². The Morgan fingerprint density at radius 3 is 2.57 bits per heavy atom. The zero-order chi connectivity index (χ0) is 15.4. The smallest absolute Gasteiger partial charge is 0.239 e. The summed E-state index contributed by atoms with van der Waals surface area (Å²) in [5.74, 6) is 1.57. The van der Waals surface area contributed by atoms with Crippen molar-refractivity contribution in [3.8, 4) is 0 Å². The summed E-state index contributed by atoms with van der Waals surface area (Å²) in [6.07, 6.45) is 0.921. The van der Waals surface area contributed by atoms with Gasteiger partial charge in [-0.1, -0.05) is 25.4 Å². The molecular weight excluding hydrogens is 270 g/mol. The van der Waals surface area contributed by atoms with Gasteiger partial charge in [-0.05, 0) is 5.92 Å². The first kappa shape index (κ1) is 15.9. The van der Waals surface area contributed by atoms with Gasteiger partial charge in [0.15, 0.2) is 5.82 Å². The van der Waals surface area contributed by atoms with Crippen LogP contribution in [0.2, 0.25) is 0 Å². The summed E-state index contributed by atoms with van der Waals surface area (Å²) in [6.45, 7) is 9.57. The number of piperazine rings is 1. The largest absolute Gasteiger partial charge is 0.340 e. The SMILES string of the molecule is CCC(C)C(N)C(=O)N1CCN(Cc2noc(C)n2)CC1. The van der Waals surface area contributed by atoms with Crippen molar-refractivity contribution in [1.29, 1.82) is 0 Å². The number of hydrogen-bond donors (Lipinski definition) is 1. The molecule has 1 saturated heterocycles. The first-order chi connectivity index (χ1) is 10.0. The van der Waals surface area contributed by atoms with E-state index in [0.29, 0.717) is 31.3 Å². The van der Waals surface area contributed by atoms with Crippen molar-refractivity contribution in [1.82, 2.24) is 19.9 Å². The number of carbonyl (C=O) groups is 1. The summed E-state index contributed by atoms with van der Waals surface area (Å²) < 4.78 is 4.97. The molecule has 1 aromatic heterocycles. The van der Waals surface area contributed by atoms with Gasteiger partial charge in [-0.25, -0.2) is 0 Å².